The molecule has 1 N–H and O–H groups in total. The zero-order chi connectivity index (χ0) is 21.4. The molecule has 29 heavy (non-hydrogen) atoms. The second-order valence-corrected chi connectivity index (χ2v) is 7.05. The SMILES string of the molecule is CN(C)C(=O)C(c1ccccc1)c1ccccc1.O=C(O)c1nc(Cl)ccc1Cl. The number of carbonyl (C=O) groups is 2. The van der Waals surface area contributed by atoms with Crippen LogP contribution in [-0.4, -0.2) is 41.0 Å². The number of benzene rings is 2. The molecule has 0 bridgehead atoms. The number of rotatable bonds is 4. The van der Waals surface area contributed by atoms with Crippen LogP contribution in [0.4, 0.5) is 0 Å². The van der Waals surface area contributed by atoms with Gasteiger partial charge >= 0.3 is 5.97 Å². The molecule has 5 nitrogen and oxygen atoms in total. The van der Waals surface area contributed by atoms with Gasteiger partial charge < -0.3 is 10.0 Å². The Morgan fingerprint density at radius 2 is 1.34 bits per heavy atom. The highest BCUT2D eigenvalue weighted by atomic mass is 35.5. The average molecular weight is 431 g/mol. The van der Waals surface area contributed by atoms with Crippen molar-refractivity contribution in [1.82, 2.24) is 9.88 Å². The van der Waals surface area contributed by atoms with E-state index >= 15 is 0 Å². The number of hydrogen-bond donors (Lipinski definition) is 1. The molecule has 0 atom stereocenters. The maximum Gasteiger partial charge on any atom is 0.356 e. The van der Waals surface area contributed by atoms with E-state index in [9.17, 15) is 9.59 Å². The van der Waals surface area contributed by atoms with E-state index in [-0.39, 0.29) is 27.7 Å². The van der Waals surface area contributed by atoms with E-state index in [0.29, 0.717) is 0 Å². The number of nitrogens with zero attached hydrogens (tertiary/aromatic N) is 2. The van der Waals surface area contributed by atoms with Crippen LogP contribution in [0.2, 0.25) is 10.2 Å². The van der Waals surface area contributed by atoms with E-state index in [1.165, 1.54) is 12.1 Å². The molecule has 1 amide bonds. The third-order valence-electron chi connectivity index (χ3n) is 3.97. The average Bonchev–Trinajstić information content (AvgIpc) is 2.72. The summed E-state index contributed by atoms with van der Waals surface area (Å²) < 4.78 is 0. The number of amides is 1. The number of hydrogen-bond acceptors (Lipinski definition) is 3. The van der Waals surface area contributed by atoms with Crippen LogP contribution in [0, 0.1) is 0 Å². The van der Waals surface area contributed by atoms with Crippen LogP contribution in [-0.2, 0) is 4.79 Å². The van der Waals surface area contributed by atoms with Gasteiger partial charge in [0.15, 0.2) is 5.69 Å². The molecule has 7 heteroatoms. The van der Waals surface area contributed by atoms with Crippen LogP contribution in [0.25, 0.3) is 0 Å². The molecule has 0 fully saturated rings. The van der Waals surface area contributed by atoms with E-state index < -0.39 is 5.97 Å². The first-order valence-corrected chi connectivity index (χ1v) is 9.43. The standard InChI is InChI=1S/C16H17NO.C6H3Cl2NO2/c1-17(2)16(18)15(13-9-5-3-6-10-13)14-11-7-4-8-12-14;7-3-1-2-4(8)9-5(3)6(10)11/h3-12,15H,1-2H3;1-2H,(H,10,11). The summed E-state index contributed by atoms with van der Waals surface area (Å²) in [5.74, 6) is -1.30. The quantitative estimate of drug-likeness (QED) is 0.591. The van der Waals surface area contributed by atoms with Gasteiger partial charge in [-0.05, 0) is 23.3 Å². The monoisotopic (exact) mass is 430 g/mol. The van der Waals surface area contributed by atoms with Gasteiger partial charge in [-0.2, -0.15) is 0 Å². The molecule has 0 aliphatic carbocycles. The Labute approximate surface area is 179 Å². The summed E-state index contributed by atoms with van der Waals surface area (Å²) in [6, 6.07) is 22.6. The fourth-order valence-electron chi connectivity index (χ4n) is 2.60. The molecule has 0 saturated carbocycles. The third-order valence-corrected chi connectivity index (χ3v) is 4.48. The molecule has 0 aliphatic rings. The van der Waals surface area contributed by atoms with Crippen molar-refractivity contribution in [3.8, 4) is 0 Å². The van der Waals surface area contributed by atoms with Crippen LogP contribution in [0.5, 0.6) is 0 Å². The van der Waals surface area contributed by atoms with E-state index in [4.69, 9.17) is 28.3 Å². The first-order chi connectivity index (χ1) is 13.8. The summed E-state index contributed by atoms with van der Waals surface area (Å²) >= 11 is 10.9. The molecular weight excluding hydrogens is 411 g/mol. The van der Waals surface area contributed by atoms with Crippen molar-refractivity contribution in [1.29, 1.82) is 0 Å². The molecule has 1 heterocycles. The van der Waals surface area contributed by atoms with Gasteiger partial charge in [-0.1, -0.05) is 83.9 Å². The number of halogens is 2. The highest BCUT2D eigenvalue weighted by Crippen LogP contribution is 2.26. The van der Waals surface area contributed by atoms with Gasteiger partial charge in [0.25, 0.3) is 0 Å². The maximum absolute atomic E-state index is 12.4. The lowest BCUT2D eigenvalue weighted by atomic mass is 9.90. The smallest absolute Gasteiger partial charge is 0.356 e. The summed E-state index contributed by atoms with van der Waals surface area (Å²) in [6.45, 7) is 0. The van der Waals surface area contributed by atoms with Gasteiger partial charge in [0.05, 0.1) is 10.9 Å². The van der Waals surface area contributed by atoms with Gasteiger partial charge in [0.1, 0.15) is 5.15 Å². The van der Waals surface area contributed by atoms with E-state index in [1.807, 2.05) is 60.7 Å². The minimum Gasteiger partial charge on any atom is -0.476 e. The predicted octanol–water partition coefficient (Wildman–Crippen LogP) is 4.99. The highest BCUT2D eigenvalue weighted by Gasteiger charge is 2.23. The number of likely N-dealkylation sites (N-methyl/N-ethyl adjacent to an activating group) is 1. The Kier molecular flexibility index (Phi) is 8.19. The summed E-state index contributed by atoms with van der Waals surface area (Å²) in [4.78, 5) is 27.9. The van der Waals surface area contributed by atoms with Crippen molar-refractivity contribution < 1.29 is 14.7 Å². The molecular formula is C22H20Cl2N2O3. The number of aromatic nitrogens is 1. The Balaban J connectivity index is 0.000000234. The van der Waals surface area contributed by atoms with Crippen LogP contribution in [0.3, 0.4) is 0 Å². The third kappa shape index (κ3) is 6.31. The largest absolute Gasteiger partial charge is 0.476 e. The molecule has 0 saturated heterocycles. The second-order valence-electron chi connectivity index (χ2n) is 6.26. The van der Waals surface area contributed by atoms with Crippen molar-refractivity contribution in [3.05, 3.63) is 99.8 Å². The Bertz CT molecular complexity index is 925. The van der Waals surface area contributed by atoms with E-state index in [2.05, 4.69) is 4.98 Å². The summed E-state index contributed by atoms with van der Waals surface area (Å²) in [7, 11) is 3.59. The molecule has 3 rings (SSSR count). The highest BCUT2D eigenvalue weighted by molar-refractivity contribution is 6.34. The van der Waals surface area contributed by atoms with Crippen LogP contribution in [0.15, 0.2) is 72.8 Å². The molecule has 0 spiro atoms. The number of aromatic carboxylic acids is 1. The lowest BCUT2D eigenvalue weighted by Gasteiger charge is -2.21. The first-order valence-electron chi connectivity index (χ1n) is 8.67. The predicted molar refractivity (Wildman–Crippen MR) is 115 cm³/mol. The Hall–Kier alpha value is -2.89. The van der Waals surface area contributed by atoms with Crippen molar-refractivity contribution in [2.45, 2.75) is 5.92 Å². The lowest BCUT2D eigenvalue weighted by molar-refractivity contribution is -0.129. The van der Waals surface area contributed by atoms with E-state index in [1.54, 1.807) is 19.0 Å². The molecule has 3 aromatic rings. The molecule has 0 unspecified atom stereocenters. The topological polar surface area (TPSA) is 70.5 Å². The van der Waals surface area contributed by atoms with Crippen LogP contribution < -0.4 is 0 Å². The minimum atomic E-state index is -1.18. The maximum atomic E-state index is 12.4. The van der Waals surface area contributed by atoms with Crippen molar-refractivity contribution in [2.75, 3.05) is 14.1 Å². The van der Waals surface area contributed by atoms with Gasteiger partial charge in [0.2, 0.25) is 5.91 Å². The van der Waals surface area contributed by atoms with Gasteiger partial charge in [-0.25, -0.2) is 9.78 Å². The normalized spacial score (nSPS) is 10.1. The van der Waals surface area contributed by atoms with Crippen molar-refractivity contribution in [3.63, 3.8) is 0 Å². The molecule has 0 radical (unpaired) electrons. The summed E-state index contributed by atoms with van der Waals surface area (Å²) in [5.41, 5.74) is 1.84. The van der Waals surface area contributed by atoms with Crippen molar-refractivity contribution >= 4 is 35.1 Å². The molecule has 2 aromatic carbocycles. The number of carboxylic acids is 1. The zero-order valence-corrected chi connectivity index (χ0v) is 17.4. The number of carbonyl (C=O) groups excluding carboxylic acids is 1. The number of carboxylic acid groups (broad SMARTS) is 1. The fraction of sp³-hybridized carbons (Fsp3) is 0.136. The van der Waals surface area contributed by atoms with Crippen molar-refractivity contribution in [2.24, 2.45) is 0 Å². The van der Waals surface area contributed by atoms with Crippen LogP contribution >= 0.6 is 23.2 Å². The van der Waals surface area contributed by atoms with Crippen LogP contribution in [0.1, 0.15) is 27.5 Å². The van der Waals surface area contributed by atoms with Gasteiger partial charge in [-0.15, -0.1) is 0 Å². The lowest BCUT2D eigenvalue weighted by Crippen LogP contribution is -2.28. The Morgan fingerprint density at radius 3 is 1.72 bits per heavy atom. The molecule has 1 aromatic heterocycles. The zero-order valence-electron chi connectivity index (χ0n) is 15.9. The van der Waals surface area contributed by atoms with E-state index in [0.717, 1.165) is 11.1 Å². The molecule has 150 valence electrons. The van der Waals surface area contributed by atoms with Gasteiger partial charge in [-0.3, -0.25) is 4.79 Å². The summed E-state index contributed by atoms with van der Waals surface area (Å²) in [5, 5.41) is 8.69. The summed E-state index contributed by atoms with van der Waals surface area (Å²) in [6.07, 6.45) is 0. The van der Waals surface area contributed by atoms with Gasteiger partial charge in [0, 0.05) is 14.1 Å². The first kappa shape index (κ1) is 22.4. The number of pyridine rings is 1. The minimum absolute atomic E-state index is 0.0851. The molecule has 0 aliphatic heterocycles. The second kappa shape index (κ2) is 10.6. The fourth-order valence-corrected chi connectivity index (χ4v) is 2.93. The Morgan fingerprint density at radius 1 is 0.862 bits per heavy atom.